The number of benzene rings is 1. The van der Waals surface area contributed by atoms with E-state index in [0.717, 1.165) is 0 Å². The monoisotopic (exact) mass is 341 g/mol. The highest BCUT2D eigenvalue weighted by atomic mass is 16.2. The van der Waals surface area contributed by atoms with E-state index in [1.54, 1.807) is 38.1 Å². The van der Waals surface area contributed by atoms with Gasteiger partial charge >= 0.3 is 0 Å². The third-order valence-corrected chi connectivity index (χ3v) is 3.95. The molecule has 0 bridgehead atoms. The maximum absolute atomic E-state index is 12.5. The Morgan fingerprint density at radius 3 is 1.92 bits per heavy atom. The Hall–Kier alpha value is -2.89. The largest absolute Gasteiger partial charge is 0.354 e. The van der Waals surface area contributed by atoms with E-state index < -0.39 is 0 Å². The fraction of sp³-hybridized carbons (Fsp3) is 0.316. The molecule has 2 aromatic rings. The van der Waals surface area contributed by atoms with Gasteiger partial charge in [0.1, 0.15) is 5.69 Å². The molecule has 0 aliphatic carbocycles. The van der Waals surface area contributed by atoms with Crippen molar-refractivity contribution < 1.29 is 14.4 Å². The van der Waals surface area contributed by atoms with E-state index in [4.69, 9.17) is 0 Å². The third-order valence-electron chi connectivity index (χ3n) is 3.95. The number of carbonyl (C=O) groups excluding carboxylic acids is 3. The molecule has 1 aromatic carbocycles. The summed E-state index contributed by atoms with van der Waals surface area (Å²) in [7, 11) is 0. The zero-order chi connectivity index (χ0) is 18.7. The van der Waals surface area contributed by atoms with Crippen LogP contribution in [0.25, 0.3) is 0 Å². The molecule has 1 heterocycles. The number of hydrogen-bond donors (Lipinski definition) is 3. The van der Waals surface area contributed by atoms with Crippen molar-refractivity contribution in [3.8, 4) is 0 Å². The molecule has 0 saturated carbocycles. The van der Waals surface area contributed by atoms with Gasteiger partial charge in [0.2, 0.25) is 5.91 Å². The number of aromatic amines is 1. The lowest BCUT2D eigenvalue weighted by Gasteiger charge is -2.09. The summed E-state index contributed by atoms with van der Waals surface area (Å²) < 4.78 is 0. The first-order chi connectivity index (χ1) is 11.7. The van der Waals surface area contributed by atoms with Crippen LogP contribution in [0.5, 0.6) is 0 Å². The number of carbonyl (C=O) groups is 3. The van der Waals surface area contributed by atoms with Crippen LogP contribution in [-0.4, -0.2) is 22.6 Å². The van der Waals surface area contributed by atoms with Crippen LogP contribution >= 0.6 is 0 Å². The van der Waals surface area contributed by atoms with Crippen LogP contribution in [0, 0.1) is 19.8 Å². The van der Waals surface area contributed by atoms with Crippen molar-refractivity contribution in [2.45, 2.75) is 34.6 Å². The molecular formula is C19H23N3O3. The number of aryl methyl sites for hydroxylation is 1. The number of Topliss-reactive ketones (excluding diaryl/α,β-unsaturated/α-hetero) is 1. The topological polar surface area (TPSA) is 91.1 Å². The number of nitrogens with one attached hydrogen (secondary N) is 3. The number of anilines is 2. The molecule has 132 valence electrons. The lowest BCUT2D eigenvalue weighted by Crippen LogP contribution is -2.17. The summed E-state index contributed by atoms with van der Waals surface area (Å²) in [5.74, 6) is -0.553. The third kappa shape index (κ3) is 4.15. The van der Waals surface area contributed by atoms with E-state index in [0.29, 0.717) is 33.9 Å². The van der Waals surface area contributed by atoms with E-state index in [9.17, 15) is 14.4 Å². The lowest BCUT2D eigenvalue weighted by atomic mass is 10.1. The molecule has 1 aromatic heterocycles. The molecule has 0 aliphatic rings. The summed E-state index contributed by atoms with van der Waals surface area (Å²) in [6.07, 6.45) is 0. The molecule has 0 spiro atoms. The first-order valence-electron chi connectivity index (χ1n) is 8.13. The Kier molecular flexibility index (Phi) is 5.41. The van der Waals surface area contributed by atoms with Gasteiger partial charge in [-0.15, -0.1) is 0 Å². The maximum atomic E-state index is 12.5. The molecule has 0 radical (unpaired) electrons. The van der Waals surface area contributed by atoms with Crippen molar-refractivity contribution in [1.29, 1.82) is 0 Å². The SMILES string of the molecule is CC(=O)c1c(C)[nH]c(C(=O)Nc2ccc(NC(=O)C(C)C)cc2)c1C. The molecule has 25 heavy (non-hydrogen) atoms. The zero-order valence-corrected chi connectivity index (χ0v) is 15.1. The summed E-state index contributed by atoms with van der Waals surface area (Å²) >= 11 is 0. The van der Waals surface area contributed by atoms with Gasteiger partial charge in [0, 0.05) is 28.6 Å². The Morgan fingerprint density at radius 2 is 1.48 bits per heavy atom. The molecule has 2 amide bonds. The van der Waals surface area contributed by atoms with Crippen molar-refractivity contribution in [3.63, 3.8) is 0 Å². The summed E-state index contributed by atoms with van der Waals surface area (Å²) in [5, 5.41) is 5.58. The van der Waals surface area contributed by atoms with Crippen molar-refractivity contribution >= 4 is 29.0 Å². The van der Waals surface area contributed by atoms with Gasteiger partial charge < -0.3 is 15.6 Å². The highest BCUT2D eigenvalue weighted by Crippen LogP contribution is 2.20. The minimum absolute atomic E-state index is 0.0639. The number of aromatic nitrogens is 1. The molecular weight excluding hydrogens is 318 g/mol. The van der Waals surface area contributed by atoms with E-state index in [-0.39, 0.29) is 23.5 Å². The Balaban J connectivity index is 2.12. The highest BCUT2D eigenvalue weighted by Gasteiger charge is 2.19. The van der Waals surface area contributed by atoms with Crippen molar-refractivity contribution in [1.82, 2.24) is 4.98 Å². The van der Waals surface area contributed by atoms with Crippen molar-refractivity contribution in [2.75, 3.05) is 10.6 Å². The fourth-order valence-corrected chi connectivity index (χ4v) is 2.62. The molecule has 0 unspecified atom stereocenters. The van der Waals surface area contributed by atoms with Gasteiger partial charge in [-0.3, -0.25) is 14.4 Å². The molecule has 0 atom stereocenters. The van der Waals surface area contributed by atoms with Crippen LogP contribution < -0.4 is 10.6 Å². The van der Waals surface area contributed by atoms with Gasteiger partial charge in [-0.05, 0) is 50.6 Å². The molecule has 2 rings (SSSR count). The Labute approximate surface area is 147 Å². The van der Waals surface area contributed by atoms with Crippen LogP contribution in [0.3, 0.4) is 0 Å². The molecule has 0 aliphatic heterocycles. The molecule has 6 nitrogen and oxygen atoms in total. The first kappa shape index (κ1) is 18.4. The summed E-state index contributed by atoms with van der Waals surface area (Å²) in [4.78, 5) is 38.8. The minimum atomic E-state index is -0.313. The molecule has 3 N–H and O–H groups in total. The molecule has 0 saturated heterocycles. The van der Waals surface area contributed by atoms with Crippen LogP contribution in [0.1, 0.15) is 52.9 Å². The van der Waals surface area contributed by atoms with Crippen LogP contribution in [0.2, 0.25) is 0 Å². The van der Waals surface area contributed by atoms with Crippen LogP contribution in [-0.2, 0) is 4.79 Å². The molecule has 6 heteroatoms. The van der Waals surface area contributed by atoms with Gasteiger partial charge in [0.25, 0.3) is 5.91 Å². The summed E-state index contributed by atoms with van der Waals surface area (Å²) in [6, 6.07) is 6.88. The van der Waals surface area contributed by atoms with Crippen molar-refractivity contribution in [3.05, 3.63) is 46.8 Å². The number of H-pyrrole nitrogens is 1. The second kappa shape index (κ2) is 7.34. The first-order valence-corrected chi connectivity index (χ1v) is 8.13. The number of ketones is 1. The highest BCUT2D eigenvalue weighted by molar-refractivity contribution is 6.07. The minimum Gasteiger partial charge on any atom is -0.354 e. The second-order valence-electron chi connectivity index (χ2n) is 6.36. The zero-order valence-electron chi connectivity index (χ0n) is 15.1. The average Bonchev–Trinajstić information content (AvgIpc) is 2.84. The Bertz CT molecular complexity index is 817. The maximum Gasteiger partial charge on any atom is 0.272 e. The number of rotatable bonds is 5. The predicted octanol–water partition coefficient (Wildman–Crippen LogP) is 3.68. The van der Waals surface area contributed by atoms with Crippen molar-refractivity contribution in [2.24, 2.45) is 5.92 Å². The van der Waals surface area contributed by atoms with E-state index >= 15 is 0 Å². The summed E-state index contributed by atoms with van der Waals surface area (Å²) in [6.45, 7) is 8.64. The van der Waals surface area contributed by atoms with E-state index in [1.807, 2.05) is 13.8 Å². The van der Waals surface area contributed by atoms with Crippen LogP contribution in [0.4, 0.5) is 11.4 Å². The average molecular weight is 341 g/mol. The quantitative estimate of drug-likeness (QED) is 0.725. The smallest absolute Gasteiger partial charge is 0.272 e. The van der Waals surface area contributed by atoms with Gasteiger partial charge in [-0.2, -0.15) is 0 Å². The van der Waals surface area contributed by atoms with E-state index in [1.165, 1.54) is 6.92 Å². The normalized spacial score (nSPS) is 10.6. The summed E-state index contributed by atoms with van der Waals surface area (Å²) in [5.41, 5.74) is 3.52. The van der Waals surface area contributed by atoms with Gasteiger partial charge in [-0.25, -0.2) is 0 Å². The van der Waals surface area contributed by atoms with E-state index in [2.05, 4.69) is 15.6 Å². The van der Waals surface area contributed by atoms with Crippen LogP contribution in [0.15, 0.2) is 24.3 Å². The second-order valence-corrected chi connectivity index (χ2v) is 6.36. The fourth-order valence-electron chi connectivity index (χ4n) is 2.62. The predicted molar refractivity (Wildman–Crippen MR) is 98.1 cm³/mol. The Morgan fingerprint density at radius 1 is 0.960 bits per heavy atom. The van der Waals surface area contributed by atoms with Gasteiger partial charge in [0.15, 0.2) is 5.78 Å². The van der Waals surface area contributed by atoms with Gasteiger partial charge in [-0.1, -0.05) is 13.8 Å². The lowest BCUT2D eigenvalue weighted by molar-refractivity contribution is -0.118. The number of amides is 2. The number of hydrogen-bond acceptors (Lipinski definition) is 3. The molecule has 0 fully saturated rings. The van der Waals surface area contributed by atoms with Gasteiger partial charge in [0.05, 0.1) is 0 Å². The standard InChI is InChI=1S/C19H23N3O3/c1-10(2)18(24)21-14-6-8-15(9-7-14)22-19(25)17-11(3)16(13(5)23)12(4)20-17/h6-10,20H,1-5H3,(H,21,24)(H,22,25).